The number of halogens is 1. The molecule has 6 rings (SSSR count). The van der Waals surface area contributed by atoms with Gasteiger partial charge in [0.25, 0.3) is 11.1 Å². The molecule has 42 heavy (non-hydrogen) atoms. The number of benzene rings is 4. The van der Waals surface area contributed by atoms with Gasteiger partial charge in [0.15, 0.2) is 0 Å². The number of aromatic nitrogens is 4. The number of H-pyrrole nitrogens is 4. The van der Waals surface area contributed by atoms with Crippen molar-refractivity contribution in [3.63, 3.8) is 0 Å². The van der Waals surface area contributed by atoms with E-state index >= 15 is 0 Å². The second-order valence-electron chi connectivity index (χ2n) is 10.4. The smallest absolute Gasteiger partial charge is 0.268 e. The van der Waals surface area contributed by atoms with E-state index in [9.17, 15) is 9.59 Å². The molecule has 210 valence electrons. The third kappa shape index (κ3) is 5.41. The molecular weight excluding hydrogens is 592 g/mol. The van der Waals surface area contributed by atoms with E-state index in [1.54, 1.807) is 0 Å². The van der Waals surface area contributed by atoms with Crippen molar-refractivity contribution in [2.24, 2.45) is 0 Å². The third-order valence-corrected chi connectivity index (χ3v) is 7.95. The molecule has 7 nitrogen and oxygen atoms in total. The Kier molecular flexibility index (Phi) is 7.54. The van der Waals surface area contributed by atoms with Gasteiger partial charge in [0.1, 0.15) is 12.4 Å². The van der Waals surface area contributed by atoms with Crippen LogP contribution in [0.1, 0.15) is 39.3 Å². The summed E-state index contributed by atoms with van der Waals surface area (Å²) < 4.78 is 7.37. The normalized spacial score (nSPS) is 11.2. The zero-order valence-corrected chi connectivity index (χ0v) is 24.7. The maximum absolute atomic E-state index is 13.7. The summed E-state index contributed by atoms with van der Waals surface area (Å²) in [6.07, 6.45) is 0. The van der Waals surface area contributed by atoms with E-state index in [0.717, 1.165) is 32.3 Å². The molecule has 0 aliphatic carbocycles. The molecule has 0 amide bonds. The van der Waals surface area contributed by atoms with Gasteiger partial charge in [-0.1, -0.05) is 106 Å². The van der Waals surface area contributed by atoms with E-state index in [-0.39, 0.29) is 11.1 Å². The molecule has 0 atom stereocenters. The van der Waals surface area contributed by atoms with Gasteiger partial charge >= 0.3 is 0 Å². The summed E-state index contributed by atoms with van der Waals surface area (Å²) in [6.45, 7) is 4.35. The van der Waals surface area contributed by atoms with Crippen molar-refractivity contribution >= 4 is 15.9 Å². The number of hydrogen-bond donors (Lipinski definition) is 4. The van der Waals surface area contributed by atoms with E-state index in [1.165, 1.54) is 0 Å². The van der Waals surface area contributed by atoms with Crippen LogP contribution in [0.25, 0.3) is 22.5 Å². The summed E-state index contributed by atoms with van der Waals surface area (Å²) >= 11 is 3.48. The SMILES string of the molecule is Cc1ccc(-c2[nH][nH]c(=O)c2C(c2ccccc2OCc2ccc(Br)cc2)c2c(-c3ccc(C)cc3)[nH][nH]c2=O)cc1. The number of nitrogens with one attached hydrogen (secondary N) is 4. The van der Waals surface area contributed by atoms with Gasteiger partial charge in [-0.3, -0.25) is 30.0 Å². The molecule has 0 fully saturated rings. The van der Waals surface area contributed by atoms with Crippen LogP contribution in [0.3, 0.4) is 0 Å². The van der Waals surface area contributed by atoms with Gasteiger partial charge < -0.3 is 4.74 Å². The van der Waals surface area contributed by atoms with Crippen LogP contribution in [0.15, 0.2) is 111 Å². The zero-order chi connectivity index (χ0) is 29.2. The second kappa shape index (κ2) is 11.6. The lowest BCUT2D eigenvalue weighted by Crippen LogP contribution is -2.20. The van der Waals surface area contributed by atoms with E-state index < -0.39 is 5.92 Å². The molecule has 0 saturated heterocycles. The largest absolute Gasteiger partial charge is 0.489 e. The van der Waals surface area contributed by atoms with Crippen LogP contribution >= 0.6 is 15.9 Å². The summed E-state index contributed by atoms with van der Waals surface area (Å²) in [7, 11) is 0. The fourth-order valence-electron chi connectivity index (χ4n) is 5.23. The maximum atomic E-state index is 13.7. The molecular formula is C34H29BrN4O3. The number of hydrogen-bond acceptors (Lipinski definition) is 3. The Hall–Kier alpha value is -4.82. The molecule has 0 unspecified atom stereocenters. The lowest BCUT2D eigenvalue weighted by atomic mass is 9.82. The number of ether oxygens (including phenoxy) is 1. The number of rotatable bonds is 8. The Morgan fingerprint density at radius 2 is 1.14 bits per heavy atom. The predicted molar refractivity (Wildman–Crippen MR) is 169 cm³/mol. The Bertz CT molecular complexity index is 1850. The van der Waals surface area contributed by atoms with Gasteiger partial charge in [-0.15, -0.1) is 0 Å². The van der Waals surface area contributed by atoms with Gasteiger partial charge in [0.05, 0.1) is 28.4 Å². The average Bonchev–Trinajstić information content (AvgIpc) is 3.57. The maximum Gasteiger partial charge on any atom is 0.268 e. The van der Waals surface area contributed by atoms with Crippen LogP contribution in [0.2, 0.25) is 0 Å². The molecule has 0 aliphatic heterocycles. The Morgan fingerprint density at radius 1 is 0.643 bits per heavy atom. The van der Waals surface area contributed by atoms with E-state index in [0.29, 0.717) is 40.4 Å². The van der Waals surface area contributed by atoms with E-state index in [2.05, 4.69) is 36.3 Å². The average molecular weight is 622 g/mol. The standard InChI is InChI=1S/C34H29BrN4O3/c1-20-7-13-23(14-8-20)31-29(33(40)38-36-31)28(30-32(37-39-34(30)41)24-15-9-21(2)10-16-24)26-5-3-4-6-27(26)42-19-22-11-17-25(35)18-12-22/h3-18,28H,19H2,1-2H3,(H2,36,38,40)(H2,37,39,41). The van der Waals surface area contributed by atoms with Crippen molar-refractivity contribution in [1.29, 1.82) is 0 Å². The van der Waals surface area contributed by atoms with Crippen LogP contribution in [0.4, 0.5) is 0 Å². The lowest BCUT2D eigenvalue weighted by molar-refractivity contribution is 0.302. The number of aromatic amines is 4. The highest BCUT2D eigenvalue weighted by molar-refractivity contribution is 9.10. The van der Waals surface area contributed by atoms with E-state index in [1.807, 2.05) is 111 Å². The molecule has 0 bridgehead atoms. The van der Waals surface area contributed by atoms with Crippen molar-refractivity contribution in [2.45, 2.75) is 26.4 Å². The molecule has 0 radical (unpaired) electrons. The summed E-state index contributed by atoms with van der Waals surface area (Å²) in [5.41, 5.74) is 7.01. The van der Waals surface area contributed by atoms with Gasteiger partial charge in [0, 0.05) is 10.0 Å². The van der Waals surface area contributed by atoms with Gasteiger partial charge in [-0.25, -0.2) is 0 Å². The summed E-state index contributed by atoms with van der Waals surface area (Å²) in [4.78, 5) is 27.3. The zero-order valence-electron chi connectivity index (χ0n) is 23.1. The molecule has 4 N–H and O–H groups in total. The summed E-state index contributed by atoms with van der Waals surface area (Å²) in [5, 5.41) is 11.7. The molecule has 2 heterocycles. The molecule has 4 aromatic carbocycles. The van der Waals surface area contributed by atoms with Crippen molar-refractivity contribution in [3.8, 4) is 28.3 Å². The second-order valence-corrected chi connectivity index (χ2v) is 11.3. The minimum absolute atomic E-state index is 0.311. The molecule has 0 spiro atoms. The highest BCUT2D eigenvalue weighted by Gasteiger charge is 2.33. The predicted octanol–water partition coefficient (Wildman–Crippen LogP) is 7.19. The van der Waals surface area contributed by atoms with Crippen molar-refractivity contribution in [3.05, 3.63) is 156 Å². The van der Waals surface area contributed by atoms with Gasteiger partial charge in [0.2, 0.25) is 0 Å². The fraction of sp³-hybridized carbons (Fsp3) is 0.118. The lowest BCUT2D eigenvalue weighted by Gasteiger charge is -2.21. The Balaban J connectivity index is 1.56. The molecule has 0 saturated carbocycles. The van der Waals surface area contributed by atoms with Crippen LogP contribution in [-0.4, -0.2) is 20.4 Å². The van der Waals surface area contributed by atoms with Gasteiger partial charge in [-0.05, 0) is 48.7 Å². The fourth-order valence-corrected chi connectivity index (χ4v) is 5.49. The van der Waals surface area contributed by atoms with Gasteiger partial charge in [-0.2, -0.15) is 0 Å². The molecule has 6 aromatic rings. The topological polar surface area (TPSA) is 107 Å². The van der Waals surface area contributed by atoms with Crippen molar-refractivity contribution < 1.29 is 4.74 Å². The minimum atomic E-state index is -0.760. The highest BCUT2D eigenvalue weighted by atomic mass is 79.9. The molecule has 2 aromatic heterocycles. The van der Waals surface area contributed by atoms with Crippen LogP contribution in [-0.2, 0) is 6.61 Å². The summed E-state index contributed by atoms with van der Waals surface area (Å²) in [6, 6.07) is 31.3. The van der Waals surface area contributed by atoms with Crippen molar-refractivity contribution in [2.75, 3.05) is 0 Å². The first-order chi connectivity index (χ1) is 20.4. The monoisotopic (exact) mass is 620 g/mol. The quantitative estimate of drug-likeness (QED) is 0.145. The van der Waals surface area contributed by atoms with Crippen LogP contribution < -0.4 is 15.9 Å². The minimum Gasteiger partial charge on any atom is -0.489 e. The first-order valence-electron chi connectivity index (χ1n) is 13.6. The molecule has 8 heteroatoms. The summed E-state index contributed by atoms with van der Waals surface area (Å²) in [5.74, 6) is -0.181. The Morgan fingerprint density at radius 3 is 1.67 bits per heavy atom. The van der Waals surface area contributed by atoms with E-state index in [4.69, 9.17) is 4.74 Å². The third-order valence-electron chi connectivity index (χ3n) is 7.43. The Labute approximate surface area is 250 Å². The number of para-hydroxylation sites is 1. The highest BCUT2D eigenvalue weighted by Crippen LogP contribution is 2.41. The first kappa shape index (κ1) is 27.4. The first-order valence-corrected chi connectivity index (χ1v) is 14.4. The van der Waals surface area contributed by atoms with Crippen LogP contribution in [0, 0.1) is 13.8 Å². The van der Waals surface area contributed by atoms with Crippen LogP contribution in [0.5, 0.6) is 5.75 Å². The number of aryl methyl sites for hydroxylation is 2. The molecule has 0 aliphatic rings. The van der Waals surface area contributed by atoms with Crippen molar-refractivity contribution in [1.82, 2.24) is 20.4 Å².